The van der Waals surface area contributed by atoms with E-state index < -0.39 is 9.84 Å². The van der Waals surface area contributed by atoms with Gasteiger partial charge in [0, 0.05) is 38.4 Å². The Kier molecular flexibility index (Phi) is 3.83. The van der Waals surface area contributed by atoms with Crippen LogP contribution in [0.15, 0.2) is 18.3 Å². The third-order valence-electron chi connectivity index (χ3n) is 4.24. The highest BCUT2D eigenvalue weighted by atomic mass is 32.2. The van der Waals surface area contributed by atoms with Crippen LogP contribution in [0, 0.1) is 11.3 Å². The molecule has 6 nitrogen and oxygen atoms in total. The number of aromatic nitrogens is 1. The lowest BCUT2D eigenvalue weighted by Gasteiger charge is -2.38. The molecule has 0 saturated carbocycles. The Bertz CT molecular complexity index is 660. The second-order valence-corrected chi connectivity index (χ2v) is 7.82. The van der Waals surface area contributed by atoms with Gasteiger partial charge in [0.25, 0.3) is 0 Å². The standard InChI is InChI=1S/C14H18N4O2S/c15-10-12-1-3-16-14(9-12)18-6-4-17(5-7-18)13-2-8-21(19,20)11-13/h1,3,9,13H,2,4-8,11H2. The molecule has 3 rings (SSSR count). The highest BCUT2D eigenvalue weighted by Gasteiger charge is 2.33. The SMILES string of the molecule is N#Cc1ccnc(N2CCN(C3CCS(=O)(=O)C3)CC2)c1. The minimum Gasteiger partial charge on any atom is -0.354 e. The van der Waals surface area contributed by atoms with E-state index in [2.05, 4.69) is 20.9 Å². The molecule has 3 heterocycles. The van der Waals surface area contributed by atoms with Gasteiger partial charge in [-0.1, -0.05) is 0 Å². The largest absolute Gasteiger partial charge is 0.354 e. The summed E-state index contributed by atoms with van der Waals surface area (Å²) < 4.78 is 23.1. The molecule has 1 unspecified atom stereocenters. The number of sulfone groups is 1. The maximum atomic E-state index is 11.6. The molecule has 0 spiro atoms. The molecular formula is C14H18N4O2S. The van der Waals surface area contributed by atoms with Crippen molar-refractivity contribution in [1.29, 1.82) is 5.26 Å². The van der Waals surface area contributed by atoms with Gasteiger partial charge in [-0.25, -0.2) is 13.4 Å². The smallest absolute Gasteiger partial charge is 0.151 e. The molecule has 2 aliphatic rings. The van der Waals surface area contributed by atoms with Crippen LogP contribution in [0.5, 0.6) is 0 Å². The highest BCUT2D eigenvalue weighted by Crippen LogP contribution is 2.21. The average molecular weight is 306 g/mol. The summed E-state index contributed by atoms with van der Waals surface area (Å²) in [6, 6.07) is 5.80. The summed E-state index contributed by atoms with van der Waals surface area (Å²) in [6.07, 6.45) is 2.41. The first-order valence-electron chi connectivity index (χ1n) is 7.13. The van der Waals surface area contributed by atoms with Crippen molar-refractivity contribution in [2.24, 2.45) is 0 Å². The summed E-state index contributed by atoms with van der Waals surface area (Å²) in [6.45, 7) is 3.33. The van der Waals surface area contributed by atoms with E-state index in [1.807, 2.05) is 0 Å². The van der Waals surface area contributed by atoms with E-state index in [4.69, 9.17) is 5.26 Å². The third-order valence-corrected chi connectivity index (χ3v) is 5.99. The molecule has 0 aliphatic carbocycles. The van der Waals surface area contributed by atoms with Gasteiger partial charge >= 0.3 is 0 Å². The quantitative estimate of drug-likeness (QED) is 0.780. The van der Waals surface area contributed by atoms with Gasteiger partial charge < -0.3 is 4.90 Å². The fourth-order valence-corrected chi connectivity index (χ4v) is 4.80. The van der Waals surface area contributed by atoms with E-state index in [1.165, 1.54) is 0 Å². The van der Waals surface area contributed by atoms with E-state index in [0.29, 0.717) is 17.1 Å². The average Bonchev–Trinajstić information content (AvgIpc) is 2.88. The molecule has 1 atom stereocenters. The van der Waals surface area contributed by atoms with Crippen LogP contribution in [-0.4, -0.2) is 62.0 Å². The van der Waals surface area contributed by atoms with E-state index in [0.717, 1.165) is 38.4 Å². The van der Waals surface area contributed by atoms with E-state index in [9.17, 15) is 8.42 Å². The number of nitrogens with zero attached hydrogens (tertiary/aromatic N) is 4. The molecule has 0 aromatic carbocycles. The molecule has 0 amide bonds. The minimum atomic E-state index is -2.82. The lowest BCUT2D eigenvalue weighted by Crippen LogP contribution is -2.51. The zero-order valence-corrected chi connectivity index (χ0v) is 12.6. The lowest BCUT2D eigenvalue weighted by molar-refractivity contribution is 0.200. The zero-order valence-electron chi connectivity index (χ0n) is 11.8. The Morgan fingerprint density at radius 2 is 2.05 bits per heavy atom. The first-order valence-corrected chi connectivity index (χ1v) is 8.95. The van der Waals surface area contributed by atoms with Crippen molar-refractivity contribution in [3.63, 3.8) is 0 Å². The number of piperazine rings is 1. The molecule has 112 valence electrons. The third kappa shape index (κ3) is 3.17. The zero-order chi connectivity index (χ0) is 14.9. The Morgan fingerprint density at radius 1 is 1.29 bits per heavy atom. The molecule has 7 heteroatoms. The van der Waals surface area contributed by atoms with Crippen LogP contribution in [0.1, 0.15) is 12.0 Å². The maximum absolute atomic E-state index is 11.6. The molecule has 1 aromatic heterocycles. The van der Waals surface area contributed by atoms with Gasteiger partial charge in [0.1, 0.15) is 5.82 Å². The maximum Gasteiger partial charge on any atom is 0.151 e. The van der Waals surface area contributed by atoms with Crippen LogP contribution in [0.25, 0.3) is 0 Å². The topological polar surface area (TPSA) is 77.3 Å². The molecule has 1 aromatic rings. The summed E-state index contributed by atoms with van der Waals surface area (Å²) >= 11 is 0. The molecule has 2 fully saturated rings. The van der Waals surface area contributed by atoms with E-state index in [-0.39, 0.29) is 6.04 Å². The fourth-order valence-electron chi connectivity index (χ4n) is 3.04. The first-order chi connectivity index (χ1) is 10.1. The van der Waals surface area contributed by atoms with Crippen LogP contribution in [0.3, 0.4) is 0 Å². The second-order valence-electron chi connectivity index (χ2n) is 5.59. The van der Waals surface area contributed by atoms with Gasteiger partial charge in [0.05, 0.1) is 23.1 Å². The molecule has 21 heavy (non-hydrogen) atoms. The Hall–Kier alpha value is -1.65. The van der Waals surface area contributed by atoms with Gasteiger partial charge in [-0.3, -0.25) is 4.90 Å². The van der Waals surface area contributed by atoms with E-state index >= 15 is 0 Å². The second kappa shape index (κ2) is 5.62. The van der Waals surface area contributed by atoms with Crippen LogP contribution in [0.4, 0.5) is 5.82 Å². The minimum absolute atomic E-state index is 0.176. The van der Waals surface area contributed by atoms with Crippen molar-refractivity contribution >= 4 is 15.7 Å². The molecule has 0 N–H and O–H groups in total. The number of hydrogen-bond donors (Lipinski definition) is 0. The van der Waals surface area contributed by atoms with Crippen LogP contribution in [-0.2, 0) is 9.84 Å². The summed E-state index contributed by atoms with van der Waals surface area (Å²) in [4.78, 5) is 8.74. The summed E-state index contributed by atoms with van der Waals surface area (Å²) in [7, 11) is -2.82. The monoisotopic (exact) mass is 306 g/mol. The van der Waals surface area contributed by atoms with Crippen LogP contribution in [0.2, 0.25) is 0 Å². The van der Waals surface area contributed by atoms with Crippen LogP contribution >= 0.6 is 0 Å². The van der Waals surface area contributed by atoms with E-state index in [1.54, 1.807) is 18.3 Å². The normalized spacial score (nSPS) is 25.7. The highest BCUT2D eigenvalue weighted by molar-refractivity contribution is 7.91. The Labute approximate surface area is 124 Å². The first kappa shape index (κ1) is 14.3. The summed E-state index contributed by atoms with van der Waals surface area (Å²) in [5.74, 6) is 1.45. The lowest BCUT2D eigenvalue weighted by atomic mass is 10.2. The van der Waals surface area contributed by atoms with Crippen molar-refractivity contribution in [3.8, 4) is 6.07 Å². The van der Waals surface area contributed by atoms with Crippen molar-refractivity contribution in [3.05, 3.63) is 23.9 Å². The predicted molar refractivity (Wildman–Crippen MR) is 79.8 cm³/mol. The van der Waals surface area contributed by atoms with Gasteiger partial charge in [0.2, 0.25) is 0 Å². The summed E-state index contributed by atoms with van der Waals surface area (Å²) in [5.41, 5.74) is 0.615. The van der Waals surface area contributed by atoms with Gasteiger partial charge in [-0.05, 0) is 18.6 Å². The number of pyridine rings is 1. The van der Waals surface area contributed by atoms with Crippen molar-refractivity contribution < 1.29 is 8.42 Å². The van der Waals surface area contributed by atoms with Crippen molar-refractivity contribution in [2.45, 2.75) is 12.5 Å². The molecular weight excluding hydrogens is 288 g/mol. The number of anilines is 1. The molecule has 2 saturated heterocycles. The number of nitriles is 1. The molecule has 0 bridgehead atoms. The van der Waals surface area contributed by atoms with Gasteiger partial charge in [0.15, 0.2) is 9.84 Å². The Balaban J connectivity index is 1.61. The van der Waals surface area contributed by atoms with Crippen molar-refractivity contribution in [1.82, 2.24) is 9.88 Å². The van der Waals surface area contributed by atoms with Crippen LogP contribution < -0.4 is 4.90 Å². The van der Waals surface area contributed by atoms with Gasteiger partial charge in [-0.2, -0.15) is 5.26 Å². The molecule has 2 aliphatic heterocycles. The van der Waals surface area contributed by atoms with Gasteiger partial charge in [-0.15, -0.1) is 0 Å². The molecule has 0 radical (unpaired) electrons. The number of hydrogen-bond acceptors (Lipinski definition) is 6. The van der Waals surface area contributed by atoms with Crippen molar-refractivity contribution in [2.75, 3.05) is 42.6 Å². The summed E-state index contributed by atoms with van der Waals surface area (Å²) in [5, 5.41) is 8.93. The number of rotatable bonds is 2. The Morgan fingerprint density at radius 3 is 2.67 bits per heavy atom. The predicted octanol–water partition coefficient (Wildman–Crippen LogP) is 0.262. The fraction of sp³-hybridized carbons (Fsp3) is 0.571.